The van der Waals surface area contributed by atoms with Crippen molar-refractivity contribution in [1.29, 1.82) is 5.26 Å². The van der Waals surface area contributed by atoms with Crippen LogP contribution >= 0.6 is 0 Å². The lowest BCUT2D eigenvalue weighted by Crippen LogP contribution is -2.14. The van der Waals surface area contributed by atoms with E-state index >= 15 is 0 Å². The van der Waals surface area contributed by atoms with Gasteiger partial charge >= 0.3 is 0 Å². The van der Waals surface area contributed by atoms with E-state index in [1.54, 1.807) is 0 Å². The number of hydrogen-bond acceptors (Lipinski definition) is 14. The first-order valence-electron chi connectivity index (χ1n) is 40.3. The van der Waals surface area contributed by atoms with Crippen LogP contribution in [0.3, 0.4) is 0 Å². The Morgan fingerprint density at radius 2 is 0.637 bits per heavy atom. The predicted molar refractivity (Wildman–Crippen MR) is 414 cm³/mol. The van der Waals surface area contributed by atoms with E-state index in [4.69, 9.17) is 63.1 Å². The molecule has 1 saturated heterocycles. The Kier molecular flexibility index (Phi) is 27.3. The minimum Gasteiger partial charge on any atom is -0.489 e. The molecule has 0 saturated carbocycles. The first-order chi connectivity index (χ1) is 49.9. The summed E-state index contributed by atoms with van der Waals surface area (Å²) in [5, 5.41) is 13.3. The Hall–Kier alpha value is -7.51. The number of hydrogen-bond donors (Lipinski definition) is 2. The minimum atomic E-state index is -0.214. The summed E-state index contributed by atoms with van der Waals surface area (Å²) in [4.78, 5) is 41.3. The largest absolute Gasteiger partial charge is 0.489 e. The summed E-state index contributed by atoms with van der Waals surface area (Å²) in [6.45, 7) is 30.4. The van der Waals surface area contributed by atoms with Crippen LogP contribution in [0.4, 0.5) is 0 Å². The Morgan fingerprint density at radius 3 is 0.902 bits per heavy atom. The maximum atomic E-state index is 10.0. The van der Waals surface area contributed by atoms with E-state index in [0.717, 1.165) is 215 Å². The van der Waals surface area contributed by atoms with Crippen LogP contribution < -0.4 is 28.4 Å². The van der Waals surface area contributed by atoms with Crippen LogP contribution in [0.15, 0.2) is 48.5 Å². The molecule has 4 aliphatic rings. The maximum absolute atomic E-state index is 10.0. The summed E-state index contributed by atoms with van der Waals surface area (Å²) in [7, 11) is 0. The second kappa shape index (κ2) is 36.8. The molecule has 3 aromatic heterocycles. The van der Waals surface area contributed by atoms with Crippen molar-refractivity contribution < 1.29 is 33.2 Å². The van der Waals surface area contributed by atoms with Crippen molar-refractivity contribution >= 4 is 44.1 Å². The molecule has 0 radical (unpaired) electrons. The highest BCUT2D eigenvalue weighted by atomic mass is 16.5. The summed E-state index contributed by atoms with van der Waals surface area (Å²) in [5.41, 5.74) is 7.47. The summed E-state index contributed by atoms with van der Waals surface area (Å²) in [6.07, 6.45) is 26.9. The van der Waals surface area contributed by atoms with Gasteiger partial charge in [-0.15, -0.1) is 0 Å². The van der Waals surface area contributed by atoms with Crippen molar-refractivity contribution in [3.63, 3.8) is 0 Å². The van der Waals surface area contributed by atoms with Crippen LogP contribution in [0.5, 0.6) is 34.5 Å². The quantitative estimate of drug-likeness (QED) is 0.0366. The van der Waals surface area contributed by atoms with Crippen LogP contribution in [-0.4, -0.2) is 79.5 Å². The van der Waals surface area contributed by atoms with Crippen molar-refractivity contribution in [1.82, 2.24) is 39.9 Å². The van der Waals surface area contributed by atoms with Gasteiger partial charge in [-0.05, 0) is 140 Å². The van der Waals surface area contributed by atoms with Gasteiger partial charge in [0.15, 0.2) is 57.8 Å². The highest BCUT2D eigenvalue weighted by molar-refractivity contribution is 6.08. The van der Waals surface area contributed by atoms with Crippen LogP contribution in [0.1, 0.15) is 273 Å². The van der Waals surface area contributed by atoms with Gasteiger partial charge in [0.25, 0.3) is 0 Å². The van der Waals surface area contributed by atoms with Gasteiger partial charge in [-0.3, -0.25) is 0 Å². The van der Waals surface area contributed by atoms with Gasteiger partial charge in [-0.1, -0.05) is 199 Å². The lowest BCUT2D eigenvalue weighted by atomic mass is 9.81. The van der Waals surface area contributed by atoms with Crippen LogP contribution in [0.2, 0.25) is 0 Å². The molecular formula is C86H119N9O7. The molecular weight excluding hydrogens is 1270 g/mol. The number of fused-ring (bicyclic) bond motifs is 25. The van der Waals surface area contributed by atoms with Gasteiger partial charge in [0.2, 0.25) is 0 Å². The SMILES string of the molecule is CCCCC(CC)COc1cc2c(cc1OCC(CC)CCCC)-c1nc-2nc2[nH]c(nc3nc(nc4[nH]c(n1)c1cc5c(cc41)C1OC5CC1CC#N)-c1cc(OCC(CC)CCCC)c(OCC(CC)CCCC)cc1-3)c1cc(OCC(CC)CCCC)c(OCC(CC)CCCC)cc21. The maximum Gasteiger partial charge on any atom is 0.164 e. The van der Waals surface area contributed by atoms with Crippen LogP contribution in [0.25, 0.3) is 89.7 Å². The van der Waals surface area contributed by atoms with Crippen molar-refractivity contribution in [2.45, 2.75) is 262 Å². The number of nitrogens with zero attached hydrogens (tertiary/aromatic N) is 7. The molecule has 4 aliphatic heterocycles. The van der Waals surface area contributed by atoms with Crippen LogP contribution in [0, 0.1) is 52.8 Å². The Bertz CT molecular complexity index is 4140. The molecule has 7 heterocycles. The highest BCUT2D eigenvalue weighted by Gasteiger charge is 2.45. The number of nitrogens with one attached hydrogen (secondary N) is 2. The number of benzene rings is 4. The number of ether oxygens (including phenoxy) is 7. The molecule has 9 atom stereocenters. The molecule has 102 heavy (non-hydrogen) atoms. The Balaban J connectivity index is 1.22. The zero-order chi connectivity index (χ0) is 71.7. The van der Waals surface area contributed by atoms with Crippen molar-refractivity contribution in [2.24, 2.45) is 41.4 Å². The lowest BCUT2D eigenvalue weighted by molar-refractivity contribution is 0.0604. The monoisotopic (exact) mass is 1390 g/mol. The van der Waals surface area contributed by atoms with E-state index in [-0.39, 0.29) is 18.1 Å². The third kappa shape index (κ3) is 17.6. The zero-order valence-corrected chi connectivity index (χ0v) is 63.9. The van der Waals surface area contributed by atoms with Gasteiger partial charge in [0.1, 0.15) is 22.6 Å². The van der Waals surface area contributed by atoms with Crippen LogP contribution in [-0.2, 0) is 4.74 Å². The number of nitriles is 1. The summed E-state index contributed by atoms with van der Waals surface area (Å²) in [6, 6.07) is 19.5. The molecule has 0 amide bonds. The third-order valence-corrected chi connectivity index (χ3v) is 22.6. The summed E-state index contributed by atoms with van der Waals surface area (Å²) >= 11 is 0. The number of unbranched alkanes of at least 4 members (excludes halogenated alkanes) is 6. The van der Waals surface area contributed by atoms with E-state index < -0.39 is 0 Å². The summed E-state index contributed by atoms with van der Waals surface area (Å²) in [5.74, 6) is 8.10. The highest BCUT2D eigenvalue weighted by Crippen LogP contribution is 2.56. The third-order valence-electron chi connectivity index (χ3n) is 22.6. The van der Waals surface area contributed by atoms with Crippen molar-refractivity contribution in [3.8, 4) is 86.1 Å². The van der Waals surface area contributed by atoms with Gasteiger partial charge in [-0.2, -0.15) is 5.26 Å². The standard InChI is InChI=1S/C86H119N9O7/c1-13-25-31-54(19-7)48-96-72-42-65-67(44-74(72)98-50-56(21-9)33-27-15-3)83-91-81(65)89-79-63-40-61-62(78-60(37-38-87)39-71(61)102-78)41-64(63)80(88-79)90-82-66-43-73(97-49-55(20-8)32-26-14-2)75(99-51-57(22-10)34-28-16-4)45-68(66)84(92-82)94-86-70-47-77(101-53-59(24-12)36-30-18-6)76(46-69(70)85(93-83)95-86)100-52-58(23-11)35-29-17-5/h40-47,54-60,71,78H,13-37,39,48-53H2,1-12H3,(H2,88,89,90,91,92,93,94,95). The van der Waals surface area contributed by atoms with E-state index in [9.17, 15) is 5.26 Å². The van der Waals surface area contributed by atoms with Crippen molar-refractivity contribution in [3.05, 3.63) is 59.7 Å². The van der Waals surface area contributed by atoms with Gasteiger partial charge < -0.3 is 43.1 Å². The molecule has 11 rings (SSSR count). The lowest BCUT2D eigenvalue weighted by Gasteiger charge is -2.21. The molecule has 1 fully saturated rings. The van der Waals surface area contributed by atoms with Gasteiger partial charge in [0.05, 0.1) is 57.9 Å². The Morgan fingerprint density at radius 1 is 0.373 bits per heavy atom. The van der Waals surface area contributed by atoms with E-state index in [2.05, 4.69) is 148 Å². The van der Waals surface area contributed by atoms with E-state index in [0.29, 0.717) is 162 Å². The molecule has 4 aromatic carbocycles. The molecule has 10 bridgehead atoms. The fourth-order valence-corrected chi connectivity index (χ4v) is 15.3. The molecule has 9 unspecified atom stereocenters. The van der Waals surface area contributed by atoms with E-state index in [1.165, 1.54) is 0 Å². The van der Waals surface area contributed by atoms with Gasteiger partial charge in [0, 0.05) is 56.1 Å². The number of H-pyrrole nitrogens is 2. The average molecular weight is 1390 g/mol. The fraction of sp³-hybridized carbons (Fsp3) is 0.616. The smallest absolute Gasteiger partial charge is 0.164 e. The Labute approximate surface area is 608 Å². The van der Waals surface area contributed by atoms with E-state index in [1.807, 2.05) is 0 Å². The second-order valence-corrected chi connectivity index (χ2v) is 29.9. The molecule has 550 valence electrons. The molecule has 7 aromatic rings. The second-order valence-electron chi connectivity index (χ2n) is 29.9. The average Bonchev–Trinajstić information content (AvgIpc) is 1.57. The predicted octanol–water partition coefficient (Wildman–Crippen LogP) is 23.5. The fourth-order valence-electron chi connectivity index (χ4n) is 15.3. The molecule has 0 spiro atoms. The molecule has 2 N–H and O–H groups in total. The first-order valence-corrected chi connectivity index (χ1v) is 40.3. The molecule has 16 heteroatoms. The first kappa shape index (κ1) is 75.6. The molecule has 16 nitrogen and oxygen atoms in total. The zero-order valence-electron chi connectivity index (χ0n) is 63.9. The number of rotatable bonds is 43. The number of aromatic nitrogens is 8. The molecule has 0 aliphatic carbocycles. The topological polar surface area (TPSA) is 197 Å². The summed E-state index contributed by atoms with van der Waals surface area (Å²) < 4.78 is 49.0. The van der Waals surface area contributed by atoms with Crippen molar-refractivity contribution in [2.75, 3.05) is 39.6 Å². The number of aromatic amines is 2. The normalized spacial score (nSPS) is 16.8. The minimum absolute atomic E-state index is 0.0844. The van der Waals surface area contributed by atoms with Gasteiger partial charge in [-0.25, -0.2) is 29.9 Å².